The number of carbonyl (C=O) groups is 1. The maximum atomic E-state index is 12.3. The first-order chi connectivity index (χ1) is 10.5. The molecule has 1 amide bonds. The highest BCUT2D eigenvalue weighted by Gasteiger charge is 2.18. The van der Waals surface area contributed by atoms with E-state index in [0.29, 0.717) is 6.54 Å². The monoisotopic (exact) mass is 316 g/mol. The molecule has 1 N–H and O–H groups in total. The molecule has 0 aliphatic carbocycles. The first-order valence-corrected chi connectivity index (χ1v) is 7.94. The zero-order valence-electron chi connectivity index (χ0n) is 13.0. The summed E-state index contributed by atoms with van der Waals surface area (Å²) in [7, 11) is 0. The summed E-state index contributed by atoms with van der Waals surface area (Å²) < 4.78 is 1.94. The van der Waals surface area contributed by atoms with Crippen LogP contribution in [0.1, 0.15) is 18.3 Å². The lowest BCUT2D eigenvalue weighted by Gasteiger charge is -2.12. The molecule has 0 aliphatic rings. The summed E-state index contributed by atoms with van der Waals surface area (Å²) in [5, 5.41) is 11.6. The number of nitrogens with zero attached hydrogens (tertiary/aromatic N) is 3. The van der Waals surface area contributed by atoms with Gasteiger partial charge in [0.05, 0.1) is 5.25 Å². The first-order valence-electron chi connectivity index (χ1n) is 7.06. The van der Waals surface area contributed by atoms with Crippen LogP contribution in [0.25, 0.3) is 0 Å². The van der Waals surface area contributed by atoms with E-state index in [0.717, 1.165) is 22.2 Å². The molecule has 116 valence electrons. The number of allylic oxidation sites excluding steroid dienone is 1. The van der Waals surface area contributed by atoms with Gasteiger partial charge in [0.25, 0.3) is 0 Å². The molecule has 0 fully saturated rings. The summed E-state index contributed by atoms with van der Waals surface area (Å²) >= 11 is 1.39. The number of aromatic nitrogens is 3. The van der Waals surface area contributed by atoms with Crippen molar-refractivity contribution >= 4 is 23.4 Å². The number of thioether (sulfide) groups is 1. The number of amides is 1. The first kappa shape index (κ1) is 16.3. The minimum Gasteiger partial charge on any atom is -0.325 e. The Balaban J connectivity index is 2.04. The van der Waals surface area contributed by atoms with Gasteiger partial charge in [0.2, 0.25) is 5.91 Å². The minimum absolute atomic E-state index is 0.0543. The number of hydrogen-bond donors (Lipinski definition) is 1. The molecular weight excluding hydrogens is 296 g/mol. The Morgan fingerprint density at radius 3 is 2.91 bits per heavy atom. The topological polar surface area (TPSA) is 59.8 Å². The zero-order valence-corrected chi connectivity index (χ0v) is 13.9. The third kappa shape index (κ3) is 3.98. The molecule has 1 aromatic heterocycles. The van der Waals surface area contributed by atoms with E-state index in [1.54, 1.807) is 6.08 Å². The molecular formula is C16H20N4OS. The molecule has 0 saturated carbocycles. The van der Waals surface area contributed by atoms with Crippen molar-refractivity contribution in [1.82, 2.24) is 14.8 Å². The highest BCUT2D eigenvalue weighted by atomic mass is 32.2. The van der Waals surface area contributed by atoms with Crippen molar-refractivity contribution in [3.05, 3.63) is 48.3 Å². The molecule has 2 aromatic rings. The second kappa shape index (κ2) is 7.26. The lowest BCUT2D eigenvalue weighted by atomic mass is 10.2. The molecule has 1 atom stereocenters. The molecule has 5 nitrogen and oxygen atoms in total. The van der Waals surface area contributed by atoms with Gasteiger partial charge < -0.3 is 9.88 Å². The number of nitrogens with one attached hydrogen (secondary N) is 1. The van der Waals surface area contributed by atoms with E-state index in [2.05, 4.69) is 22.1 Å². The number of benzene rings is 1. The summed E-state index contributed by atoms with van der Waals surface area (Å²) in [5.41, 5.74) is 1.92. The third-order valence-electron chi connectivity index (χ3n) is 3.15. The van der Waals surface area contributed by atoms with Gasteiger partial charge in [0.1, 0.15) is 5.82 Å². The Labute approximate surface area is 134 Å². The van der Waals surface area contributed by atoms with Crippen LogP contribution < -0.4 is 5.32 Å². The van der Waals surface area contributed by atoms with Gasteiger partial charge >= 0.3 is 0 Å². The number of hydrogen-bond acceptors (Lipinski definition) is 4. The Morgan fingerprint density at radius 1 is 1.45 bits per heavy atom. The fourth-order valence-electron chi connectivity index (χ4n) is 1.97. The van der Waals surface area contributed by atoms with Gasteiger partial charge in [-0.15, -0.1) is 16.8 Å². The average molecular weight is 316 g/mol. The Hall–Kier alpha value is -2.08. The molecule has 22 heavy (non-hydrogen) atoms. The standard InChI is InChI=1S/C16H20N4OS/c1-5-9-20-13(4)18-19-16(20)22-12(3)15(21)17-14-8-6-7-11(2)10-14/h5-8,10,12H,1,9H2,2-4H3,(H,17,21). The number of carbonyl (C=O) groups excluding carboxylic acids is 1. The summed E-state index contributed by atoms with van der Waals surface area (Å²) in [5.74, 6) is 0.759. The lowest BCUT2D eigenvalue weighted by Crippen LogP contribution is -2.23. The normalized spacial score (nSPS) is 12.0. The number of anilines is 1. The van der Waals surface area contributed by atoms with Crippen molar-refractivity contribution in [2.75, 3.05) is 5.32 Å². The third-order valence-corrected chi connectivity index (χ3v) is 4.23. The molecule has 1 unspecified atom stereocenters. The van der Waals surface area contributed by atoms with E-state index >= 15 is 0 Å². The van der Waals surface area contributed by atoms with Crippen molar-refractivity contribution in [1.29, 1.82) is 0 Å². The van der Waals surface area contributed by atoms with Gasteiger partial charge in [-0.1, -0.05) is 30.0 Å². The second-order valence-corrected chi connectivity index (χ2v) is 6.36. The predicted octanol–water partition coefficient (Wildman–Crippen LogP) is 3.20. The highest BCUT2D eigenvalue weighted by molar-refractivity contribution is 8.00. The van der Waals surface area contributed by atoms with Crippen molar-refractivity contribution < 1.29 is 4.79 Å². The van der Waals surface area contributed by atoms with Crippen LogP contribution in [0.15, 0.2) is 42.1 Å². The van der Waals surface area contributed by atoms with Crippen LogP contribution in [0.2, 0.25) is 0 Å². The van der Waals surface area contributed by atoms with Crippen molar-refractivity contribution in [3.8, 4) is 0 Å². The smallest absolute Gasteiger partial charge is 0.237 e. The van der Waals surface area contributed by atoms with Gasteiger partial charge in [-0.05, 0) is 38.5 Å². The van der Waals surface area contributed by atoms with Crippen LogP contribution >= 0.6 is 11.8 Å². The van der Waals surface area contributed by atoms with Crippen molar-refractivity contribution in [2.45, 2.75) is 37.7 Å². The molecule has 2 rings (SSSR count). The second-order valence-electron chi connectivity index (χ2n) is 5.05. The van der Waals surface area contributed by atoms with E-state index < -0.39 is 0 Å². The lowest BCUT2D eigenvalue weighted by molar-refractivity contribution is -0.115. The summed E-state index contributed by atoms with van der Waals surface area (Å²) in [6.45, 7) is 10.1. The van der Waals surface area contributed by atoms with E-state index in [1.807, 2.05) is 49.6 Å². The van der Waals surface area contributed by atoms with E-state index in [9.17, 15) is 4.79 Å². The number of rotatable bonds is 6. The molecule has 0 spiro atoms. The molecule has 0 saturated heterocycles. The van der Waals surface area contributed by atoms with E-state index in [1.165, 1.54) is 11.8 Å². The average Bonchev–Trinajstić information content (AvgIpc) is 2.80. The molecule has 6 heteroatoms. The van der Waals surface area contributed by atoms with Gasteiger partial charge in [0.15, 0.2) is 5.16 Å². The van der Waals surface area contributed by atoms with Gasteiger partial charge in [-0.3, -0.25) is 4.79 Å². The fourth-order valence-corrected chi connectivity index (χ4v) is 2.87. The van der Waals surface area contributed by atoms with Crippen LogP contribution in [-0.4, -0.2) is 25.9 Å². The minimum atomic E-state index is -0.271. The maximum absolute atomic E-state index is 12.3. The molecule has 1 aromatic carbocycles. The molecule has 1 heterocycles. The molecule has 0 aliphatic heterocycles. The Morgan fingerprint density at radius 2 is 2.23 bits per heavy atom. The fraction of sp³-hybridized carbons (Fsp3) is 0.312. The van der Waals surface area contributed by atoms with Crippen LogP contribution in [0.4, 0.5) is 5.69 Å². The number of aryl methyl sites for hydroxylation is 2. The van der Waals surface area contributed by atoms with Crippen LogP contribution in [0.5, 0.6) is 0 Å². The van der Waals surface area contributed by atoms with E-state index in [-0.39, 0.29) is 11.2 Å². The van der Waals surface area contributed by atoms with E-state index in [4.69, 9.17) is 0 Å². The van der Waals surface area contributed by atoms with Gasteiger partial charge in [-0.2, -0.15) is 0 Å². The van der Waals surface area contributed by atoms with Crippen molar-refractivity contribution in [2.24, 2.45) is 0 Å². The van der Waals surface area contributed by atoms with Gasteiger partial charge in [0, 0.05) is 12.2 Å². The van der Waals surface area contributed by atoms with Gasteiger partial charge in [-0.25, -0.2) is 0 Å². The molecule has 0 bridgehead atoms. The van der Waals surface area contributed by atoms with Crippen LogP contribution in [0.3, 0.4) is 0 Å². The predicted molar refractivity (Wildman–Crippen MR) is 90.1 cm³/mol. The summed E-state index contributed by atoms with van der Waals surface area (Å²) in [6.07, 6.45) is 1.79. The maximum Gasteiger partial charge on any atom is 0.237 e. The quantitative estimate of drug-likeness (QED) is 0.657. The Bertz CT molecular complexity index is 681. The molecule has 0 radical (unpaired) electrons. The largest absolute Gasteiger partial charge is 0.325 e. The highest BCUT2D eigenvalue weighted by Crippen LogP contribution is 2.23. The van der Waals surface area contributed by atoms with Crippen LogP contribution in [0, 0.1) is 13.8 Å². The Kier molecular flexibility index (Phi) is 5.38. The SMILES string of the molecule is C=CCn1c(C)nnc1SC(C)C(=O)Nc1cccc(C)c1. The summed E-state index contributed by atoms with van der Waals surface area (Å²) in [4.78, 5) is 12.3. The zero-order chi connectivity index (χ0) is 16.1. The van der Waals surface area contributed by atoms with Crippen LogP contribution in [-0.2, 0) is 11.3 Å². The van der Waals surface area contributed by atoms with Crippen molar-refractivity contribution in [3.63, 3.8) is 0 Å². The summed E-state index contributed by atoms with van der Waals surface area (Å²) in [6, 6.07) is 7.74.